The zero-order valence-corrected chi connectivity index (χ0v) is 29.2. The number of nitrogens with zero attached hydrogens (tertiary/aromatic N) is 3. The highest BCUT2D eigenvalue weighted by Crippen LogP contribution is 2.45. The van der Waals surface area contributed by atoms with E-state index in [0.717, 1.165) is 19.3 Å². The van der Waals surface area contributed by atoms with Crippen LogP contribution in [0.4, 0.5) is 4.79 Å². The molecule has 0 spiro atoms. The number of unbranched alkanes of at least 4 members (excludes halogenated alkanes) is 3. The summed E-state index contributed by atoms with van der Waals surface area (Å²) in [6.07, 6.45) is 4.89. The molecule has 1 aliphatic heterocycles. The first-order chi connectivity index (χ1) is 23.8. The van der Waals surface area contributed by atoms with Crippen molar-refractivity contribution in [2.45, 2.75) is 86.8 Å². The van der Waals surface area contributed by atoms with Crippen LogP contribution in [0.25, 0.3) is 11.0 Å². The van der Waals surface area contributed by atoms with Gasteiger partial charge in [-0.1, -0.05) is 36.6 Å². The Kier molecular flexibility index (Phi) is 11.2. The van der Waals surface area contributed by atoms with Crippen LogP contribution in [0.1, 0.15) is 57.8 Å². The summed E-state index contributed by atoms with van der Waals surface area (Å²) in [4.78, 5) is 63.2. The van der Waals surface area contributed by atoms with E-state index < -0.39 is 68.7 Å². The second-order valence-corrected chi connectivity index (χ2v) is 15.1. The smallest absolute Gasteiger partial charge is 0.405 e. The third kappa shape index (κ3) is 8.29. The van der Waals surface area contributed by atoms with Gasteiger partial charge in [-0.25, -0.2) is 23.2 Å². The second kappa shape index (κ2) is 15.2. The fourth-order valence-electron chi connectivity index (χ4n) is 6.17. The maximum absolute atomic E-state index is 14.0. The van der Waals surface area contributed by atoms with E-state index in [0.29, 0.717) is 36.0 Å². The van der Waals surface area contributed by atoms with E-state index in [2.05, 4.69) is 38.5 Å². The van der Waals surface area contributed by atoms with Crippen molar-refractivity contribution in [1.29, 1.82) is 0 Å². The molecule has 50 heavy (non-hydrogen) atoms. The molecular formula is C33H41ClN6O9S. The minimum atomic E-state index is -3.92. The summed E-state index contributed by atoms with van der Waals surface area (Å²) in [5.41, 5.74) is -0.693. The Hall–Kier alpha value is -4.44. The van der Waals surface area contributed by atoms with Crippen molar-refractivity contribution in [2.24, 2.45) is 5.92 Å². The van der Waals surface area contributed by atoms with Gasteiger partial charge in [-0.3, -0.25) is 19.1 Å². The highest BCUT2D eigenvalue weighted by Gasteiger charge is 2.62. The Labute approximate surface area is 294 Å². The van der Waals surface area contributed by atoms with Gasteiger partial charge in [0, 0.05) is 18.4 Å². The normalized spacial score (nSPS) is 23.4. The minimum absolute atomic E-state index is 0.0525. The number of aromatic nitrogens is 2. The number of allylic oxidation sites excluding steroid dienone is 1. The van der Waals surface area contributed by atoms with E-state index in [-0.39, 0.29) is 36.8 Å². The Bertz CT molecular complexity index is 1790. The molecule has 2 aromatic rings. The van der Waals surface area contributed by atoms with Gasteiger partial charge in [-0.2, -0.15) is 0 Å². The molecule has 1 saturated heterocycles. The van der Waals surface area contributed by atoms with Gasteiger partial charge < -0.3 is 30.1 Å². The molecule has 5 atom stereocenters. The third-order valence-corrected chi connectivity index (χ3v) is 11.2. The van der Waals surface area contributed by atoms with Crippen LogP contribution < -0.4 is 24.8 Å². The van der Waals surface area contributed by atoms with Crippen LogP contribution in [0.5, 0.6) is 11.6 Å². The fourth-order valence-corrected chi connectivity index (χ4v) is 7.71. The van der Waals surface area contributed by atoms with E-state index in [9.17, 15) is 32.7 Å². The number of likely N-dealkylation sites (tertiary alicyclic amines) is 1. The monoisotopic (exact) mass is 732 g/mol. The largest absolute Gasteiger partial charge is 0.497 e. The maximum Gasteiger partial charge on any atom is 0.405 e. The Balaban J connectivity index is 1.40. The molecule has 1 aromatic carbocycles. The summed E-state index contributed by atoms with van der Waals surface area (Å²) in [7, 11) is -2.41. The SMILES string of the molecule is C=CCCCCCC(NC(=O)O)C(=O)N1C[C@H](Oc2nc3cc(OC)ccc3nc2Cl)C[C@H]1C(=O)N[C@]1(C(=O)NS(=O)(=O)C2CC2)C[C@H]1C=C. The van der Waals surface area contributed by atoms with Crippen LogP contribution in [0.2, 0.25) is 5.15 Å². The van der Waals surface area contributed by atoms with Crippen LogP contribution in [-0.2, 0) is 24.4 Å². The van der Waals surface area contributed by atoms with Crippen molar-refractivity contribution in [3.8, 4) is 11.6 Å². The highest BCUT2D eigenvalue weighted by molar-refractivity contribution is 7.91. The molecular weight excluding hydrogens is 692 g/mol. The molecule has 3 aliphatic rings. The Morgan fingerprint density at radius 2 is 1.92 bits per heavy atom. The Morgan fingerprint density at radius 1 is 1.16 bits per heavy atom. The average molecular weight is 733 g/mol. The van der Waals surface area contributed by atoms with E-state index >= 15 is 0 Å². The number of carbonyl (C=O) groups is 4. The zero-order chi connectivity index (χ0) is 36.2. The molecule has 0 radical (unpaired) electrons. The lowest BCUT2D eigenvalue weighted by Crippen LogP contribution is -2.58. The van der Waals surface area contributed by atoms with E-state index in [4.69, 9.17) is 21.1 Å². The summed E-state index contributed by atoms with van der Waals surface area (Å²) in [5.74, 6) is -2.37. The molecule has 270 valence electrons. The number of amides is 4. The van der Waals surface area contributed by atoms with Crippen molar-refractivity contribution in [3.05, 3.63) is 48.7 Å². The fraction of sp³-hybridized carbons (Fsp3) is 0.515. The quantitative estimate of drug-likeness (QED) is 0.137. The van der Waals surface area contributed by atoms with Gasteiger partial charge in [0.15, 0.2) is 5.15 Å². The predicted octanol–water partition coefficient (Wildman–Crippen LogP) is 3.08. The van der Waals surface area contributed by atoms with Crippen LogP contribution in [0.15, 0.2) is 43.5 Å². The number of fused-ring (bicyclic) bond motifs is 1. The second-order valence-electron chi connectivity index (χ2n) is 12.8. The number of nitrogens with one attached hydrogen (secondary N) is 3. The summed E-state index contributed by atoms with van der Waals surface area (Å²) in [5, 5.41) is 13.8. The molecule has 3 fully saturated rings. The molecule has 17 heteroatoms. The molecule has 2 heterocycles. The number of methoxy groups -OCH3 is 1. The lowest BCUT2D eigenvalue weighted by molar-refractivity contribution is -0.141. The van der Waals surface area contributed by atoms with Gasteiger partial charge >= 0.3 is 6.09 Å². The topological polar surface area (TPSA) is 206 Å². The van der Waals surface area contributed by atoms with Crippen LogP contribution in [0.3, 0.4) is 0 Å². The number of sulfonamides is 1. The molecule has 1 unspecified atom stereocenters. The number of carbonyl (C=O) groups excluding carboxylic acids is 3. The summed E-state index contributed by atoms with van der Waals surface area (Å²) in [6.45, 7) is 7.27. The summed E-state index contributed by atoms with van der Waals surface area (Å²) >= 11 is 6.42. The number of benzene rings is 1. The first kappa shape index (κ1) is 36.8. The zero-order valence-electron chi connectivity index (χ0n) is 27.6. The number of hydrogen-bond acceptors (Lipinski definition) is 10. The van der Waals surface area contributed by atoms with Crippen LogP contribution >= 0.6 is 11.6 Å². The number of rotatable bonds is 17. The van der Waals surface area contributed by atoms with Crippen molar-refractivity contribution in [3.63, 3.8) is 0 Å². The first-order valence-electron chi connectivity index (χ1n) is 16.4. The number of hydrogen-bond donors (Lipinski definition) is 4. The van der Waals surface area contributed by atoms with E-state index in [1.54, 1.807) is 24.3 Å². The lowest BCUT2D eigenvalue weighted by atomic mass is 10.0. The van der Waals surface area contributed by atoms with Gasteiger partial charge in [0.2, 0.25) is 21.8 Å². The molecule has 0 bridgehead atoms. The molecule has 2 aliphatic carbocycles. The van der Waals surface area contributed by atoms with Crippen molar-refractivity contribution < 1.29 is 42.2 Å². The van der Waals surface area contributed by atoms with Gasteiger partial charge in [-0.15, -0.1) is 13.2 Å². The molecule has 5 rings (SSSR count). The summed E-state index contributed by atoms with van der Waals surface area (Å²) in [6, 6.07) is 2.61. The van der Waals surface area contributed by atoms with Crippen molar-refractivity contribution >= 4 is 56.5 Å². The predicted molar refractivity (Wildman–Crippen MR) is 183 cm³/mol. The third-order valence-electron chi connectivity index (χ3n) is 9.17. The molecule has 1 aromatic heterocycles. The standard InChI is InChI=1S/C33H41ClN6O9S/c1-4-6-7-8-9-10-24(37-32(44)45)30(42)40-18-21(49-29-27(34)35-23-14-11-20(48-3)15-25(23)36-29)16-26(40)28(41)38-33(17-19(33)5-2)31(43)39-50(46,47)22-12-13-22/h4-5,11,14-15,19,21-22,24,26,37H,1-2,6-10,12-13,16-18H2,3H3,(H,38,41)(H,39,43)(H,44,45)/t19-,21-,24?,26+,33-/m1/s1. The van der Waals surface area contributed by atoms with Crippen molar-refractivity contribution in [1.82, 2.24) is 30.2 Å². The molecule has 4 N–H and O–H groups in total. The number of halogens is 1. The molecule has 4 amide bonds. The van der Waals surface area contributed by atoms with Crippen LogP contribution in [-0.4, -0.2) is 94.8 Å². The van der Waals surface area contributed by atoms with Gasteiger partial charge in [0.1, 0.15) is 29.5 Å². The maximum atomic E-state index is 14.0. The lowest BCUT2D eigenvalue weighted by Gasteiger charge is -2.29. The van der Waals surface area contributed by atoms with Gasteiger partial charge in [0.25, 0.3) is 11.8 Å². The molecule has 15 nitrogen and oxygen atoms in total. The highest BCUT2D eigenvalue weighted by atomic mass is 35.5. The van der Waals surface area contributed by atoms with Gasteiger partial charge in [-0.05, 0) is 50.7 Å². The van der Waals surface area contributed by atoms with Crippen LogP contribution in [0, 0.1) is 5.92 Å². The van der Waals surface area contributed by atoms with Gasteiger partial charge in [0.05, 0.1) is 29.9 Å². The summed E-state index contributed by atoms with van der Waals surface area (Å²) < 4.78 is 38.7. The number of carboxylic acid groups (broad SMARTS) is 1. The van der Waals surface area contributed by atoms with E-state index in [1.807, 2.05) is 0 Å². The van der Waals surface area contributed by atoms with E-state index in [1.165, 1.54) is 18.1 Å². The minimum Gasteiger partial charge on any atom is -0.497 e. The average Bonchev–Trinajstić information content (AvgIpc) is 4.00. The van der Waals surface area contributed by atoms with Crippen molar-refractivity contribution in [2.75, 3.05) is 13.7 Å². The Morgan fingerprint density at radius 3 is 2.56 bits per heavy atom. The first-order valence-corrected chi connectivity index (χ1v) is 18.3. The number of ether oxygens (including phenoxy) is 2. The molecule has 2 saturated carbocycles.